The van der Waals surface area contributed by atoms with Crippen LogP contribution < -0.4 is 5.32 Å². The SMILES string of the molecule is CNCC(O)C(O)c1cccc(C(=O)OC)c1C. The van der Waals surface area contributed by atoms with Gasteiger partial charge in [0.2, 0.25) is 0 Å². The first kappa shape index (κ1) is 14.6. The molecular weight excluding hydrogens is 234 g/mol. The van der Waals surface area contributed by atoms with E-state index in [9.17, 15) is 15.0 Å². The second-order valence-corrected chi connectivity index (χ2v) is 4.08. The lowest BCUT2D eigenvalue weighted by Crippen LogP contribution is -2.30. The van der Waals surface area contributed by atoms with Gasteiger partial charge in [0.15, 0.2) is 0 Å². The summed E-state index contributed by atoms with van der Waals surface area (Å²) in [6.07, 6.45) is -1.97. The van der Waals surface area contributed by atoms with E-state index in [0.717, 1.165) is 0 Å². The van der Waals surface area contributed by atoms with Gasteiger partial charge in [-0.25, -0.2) is 4.79 Å². The third-order valence-electron chi connectivity index (χ3n) is 2.88. The zero-order chi connectivity index (χ0) is 13.7. The molecule has 18 heavy (non-hydrogen) atoms. The minimum Gasteiger partial charge on any atom is -0.465 e. The predicted molar refractivity (Wildman–Crippen MR) is 67.4 cm³/mol. The monoisotopic (exact) mass is 253 g/mol. The summed E-state index contributed by atoms with van der Waals surface area (Å²) < 4.78 is 4.66. The first-order valence-corrected chi connectivity index (χ1v) is 5.71. The minimum absolute atomic E-state index is 0.267. The van der Waals surface area contributed by atoms with E-state index in [1.165, 1.54) is 7.11 Å². The Morgan fingerprint density at radius 3 is 2.67 bits per heavy atom. The predicted octanol–water partition coefficient (Wildman–Crippen LogP) is 0.395. The molecule has 0 fully saturated rings. The molecule has 100 valence electrons. The van der Waals surface area contributed by atoms with Crippen molar-refractivity contribution in [1.82, 2.24) is 5.32 Å². The fourth-order valence-electron chi connectivity index (χ4n) is 1.83. The maximum atomic E-state index is 11.5. The number of methoxy groups -OCH3 is 1. The summed E-state index contributed by atoms with van der Waals surface area (Å²) in [5, 5.41) is 22.6. The molecular formula is C13H19NO4. The number of benzene rings is 1. The van der Waals surface area contributed by atoms with Crippen LogP contribution in [0.5, 0.6) is 0 Å². The van der Waals surface area contributed by atoms with Crippen molar-refractivity contribution in [2.45, 2.75) is 19.1 Å². The summed E-state index contributed by atoms with van der Waals surface area (Å²) in [7, 11) is 2.99. The van der Waals surface area contributed by atoms with E-state index in [4.69, 9.17) is 0 Å². The highest BCUT2D eigenvalue weighted by atomic mass is 16.5. The van der Waals surface area contributed by atoms with Crippen LogP contribution in [0.1, 0.15) is 27.6 Å². The molecule has 0 bridgehead atoms. The number of ether oxygens (including phenoxy) is 1. The second-order valence-electron chi connectivity index (χ2n) is 4.08. The molecule has 0 aliphatic carbocycles. The maximum absolute atomic E-state index is 11.5. The molecule has 5 heteroatoms. The first-order valence-electron chi connectivity index (χ1n) is 5.71. The van der Waals surface area contributed by atoms with E-state index in [0.29, 0.717) is 16.7 Å². The Labute approximate surface area is 106 Å². The lowest BCUT2D eigenvalue weighted by atomic mass is 9.95. The first-order chi connectivity index (χ1) is 8.52. The highest BCUT2D eigenvalue weighted by Crippen LogP contribution is 2.23. The number of likely N-dealkylation sites (N-methyl/N-ethyl adjacent to an activating group) is 1. The quantitative estimate of drug-likeness (QED) is 0.662. The fraction of sp³-hybridized carbons (Fsp3) is 0.462. The highest BCUT2D eigenvalue weighted by Gasteiger charge is 2.22. The van der Waals surface area contributed by atoms with E-state index in [2.05, 4.69) is 10.1 Å². The van der Waals surface area contributed by atoms with Gasteiger partial charge in [-0.1, -0.05) is 12.1 Å². The van der Waals surface area contributed by atoms with Gasteiger partial charge in [-0.2, -0.15) is 0 Å². The van der Waals surface area contributed by atoms with Crippen LogP contribution in [0.25, 0.3) is 0 Å². The number of aliphatic hydroxyl groups excluding tert-OH is 2. The summed E-state index contributed by atoms with van der Waals surface area (Å²) in [6, 6.07) is 4.97. The molecule has 0 aliphatic heterocycles. The van der Waals surface area contributed by atoms with Gasteiger partial charge in [-0.3, -0.25) is 0 Å². The molecule has 1 rings (SSSR count). The van der Waals surface area contributed by atoms with Crippen LogP contribution in [-0.2, 0) is 4.74 Å². The third kappa shape index (κ3) is 3.07. The molecule has 0 amide bonds. The molecule has 0 spiro atoms. The van der Waals surface area contributed by atoms with Gasteiger partial charge >= 0.3 is 5.97 Å². The van der Waals surface area contributed by atoms with Crippen molar-refractivity contribution in [3.63, 3.8) is 0 Å². The average Bonchev–Trinajstić information content (AvgIpc) is 2.37. The third-order valence-corrected chi connectivity index (χ3v) is 2.88. The van der Waals surface area contributed by atoms with Gasteiger partial charge in [0.1, 0.15) is 6.10 Å². The Morgan fingerprint density at radius 1 is 1.44 bits per heavy atom. The summed E-state index contributed by atoms with van der Waals surface area (Å²) in [5.41, 5.74) is 1.54. The van der Waals surface area contributed by atoms with Crippen LogP contribution in [0.15, 0.2) is 18.2 Å². The topological polar surface area (TPSA) is 78.8 Å². The molecule has 0 radical (unpaired) electrons. The van der Waals surface area contributed by atoms with Gasteiger partial charge in [-0.05, 0) is 31.2 Å². The molecule has 1 aromatic carbocycles. The van der Waals surface area contributed by atoms with E-state index < -0.39 is 18.2 Å². The Morgan fingerprint density at radius 2 is 2.11 bits per heavy atom. The molecule has 2 atom stereocenters. The zero-order valence-corrected chi connectivity index (χ0v) is 10.8. The van der Waals surface area contributed by atoms with Crippen molar-refractivity contribution in [2.75, 3.05) is 20.7 Å². The number of hydrogen-bond donors (Lipinski definition) is 3. The summed E-state index contributed by atoms with van der Waals surface area (Å²) in [4.78, 5) is 11.5. The van der Waals surface area contributed by atoms with Gasteiger partial charge in [0.25, 0.3) is 0 Å². The molecule has 0 saturated carbocycles. The van der Waals surface area contributed by atoms with Gasteiger partial charge in [-0.15, -0.1) is 0 Å². The van der Waals surface area contributed by atoms with Gasteiger partial charge < -0.3 is 20.3 Å². The number of carbonyl (C=O) groups is 1. The van der Waals surface area contributed by atoms with Crippen molar-refractivity contribution >= 4 is 5.97 Å². The summed E-state index contributed by atoms with van der Waals surface area (Å²) >= 11 is 0. The van der Waals surface area contributed by atoms with Crippen molar-refractivity contribution in [1.29, 1.82) is 0 Å². The van der Waals surface area contributed by atoms with Crippen LogP contribution in [0.4, 0.5) is 0 Å². The largest absolute Gasteiger partial charge is 0.465 e. The van der Waals surface area contributed by atoms with E-state index in [1.807, 2.05) is 0 Å². The molecule has 5 nitrogen and oxygen atoms in total. The number of carbonyl (C=O) groups excluding carboxylic acids is 1. The van der Waals surface area contributed by atoms with Crippen molar-refractivity contribution in [2.24, 2.45) is 0 Å². The molecule has 0 heterocycles. The van der Waals surface area contributed by atoms with Crippen LogP contribution in [0.2, 0.25) is 0 Å². The number of nitrogens with one attached hydrogen (secondary N) is 1. The van der Waals surface area contributed by atoms with Crippen LogP contribution >= 0.6 is 0 Å². The van der Waals surface area contributed by atoms with Gasteiger partial charge in [0, 0.05) is 6.54 Å². The smallest absolute Gasteiger partial charge is 0.338 e. The summed E-state index contributed by atoms with van der Waals surface area (Å²) in [6.45, 7) is 1.99. The van der Waals surface area contributed by atoms with Crippen molar-refractivity contribution in [3.8, 4) is 0 Å². The Bertz CT molecular complexity index is 419. The van der Waals surface area contributed by atoms with Crippen molar-refractivity contribution in [3.05, 3.63) is 34.9 Å². The normalized spacial score (nSPS) is 14.1. The minimum atomic E-state index is -1.04. The average molecular weight is 253 g/mol. The van der Waals surface area contributed by atoms with Crippen LogP contribution in [-0.4, -0.2) is 43.0 Å². The maximum Gasteiger partial charge on any atom is 0.338 e. The summed E-state index contributed by atoms with van der Waals surface area (Å²) in [5.74, 6) is -0.454. The molecule has 2 unspecified atom stereocenters. The fourth-order valence-corrected chi connectivity index (χ4v) is 1.83. The number of rotatable bonds is 5. The van der Waals surface area contributed by atoms with Gasteiger partial charge in [0.05, 0.1) is 18.8 Å². The number of esters is 1. The molecule has 0 saturated heterocycles. The van der Waals surface area contributed by atoms with Crippen LogP contribution in [0.3, 0.4) is 0 Å². The number of hydrogen-bond acceptors (Lipinski definition) is 5. The molecule has 1 aromatic rings. The van der Waals surface area contributed by atoms with E-state index in [-0.39, 0.29) is 6.54 Å². The lowest BCUT2D eigenvalue weighted by Gasteiger charge is -2.20. The second kappa shape index (κ2) is 6.49. The lowest BCUT2D eigenvalue weighted by molar-refractivity contribution is 0.0197. The Balaban J connectivity index is 3.06. The van der Waals surface area contributed by atoms with Crippen LogP contribution in [0, 0.1) is 6.92 Å². The zero-order valence-electron chi connectivity index (χ0n) is 10.8. The van der Waals surface area contributed by atoms with E-state index >= 15 is 0 Å². The molecule has 0 aromatic heterocycles. The van der Waals surface area contributed by atoms with Crippen molar-refractivity contribution < 1.29 is 19.7 Å². The standard InChI is InChI=1S/C13H19NO4/c1-8-9(12(16)11(15)7-14-2)5-4-6-10(8)13(17)18-3/h4-6,11-12,14-16H,7H2,1-3H3. The Hall–Kier alpha value is -1.43. The Kier molecular flexibility index (Phi) is 5.27. The molecule has 3 N–H and O–H groups in total. The highest BCUT2D eigenvalue weighted by molar-refractivity contribution is 5.91. The number of aliphatic hydroxyl groups is 2. The molecule has 0 aliphatic rings. The van der Waals surface area contributed by atoms with E-state index in [1.54, 1.807) is 32.2 Å².